The molecule has 1 amide bonds. The van der Waals surface area contributed by atoms with E-state index in [0.717, 1.165) is 22.5 Å². The molecule has 0 aliphatic rings. The van der Waals surface area contributed by atoms with Gasteiger partial charge in [0, 0.05) is 11.1 Å². The molecule has 0 aliphatic heterocycles. The van der Waals surface area contributed by atoms with Crippen LogP contribution < -0.4 is 5.73 Å². The number of benzene rings is 1. The zero-order valence-electron chi connectivity index (χ0n) is 9.28. The first-order valence-electron chi connectivity index (χ1n) is 5.04. The van der Waals surface area contributed by atoms with Gasteiger partial charge in [0.15, 0.2) is 0 Å². The van der Waals surface area contributed by atoms with Crippen LogP contribution in [0.4, 0.5) is 0 Å². The lowest BCUT2D eigenvalue weighted by Gasteiger charge is -2.08. The third-order valence-electron chi connectivity index (χ3n) is 2.58. The summed E-state index contributed by atoms with van der Waals surface area (Å²) in [6, 6.07) is 7.32. The molecule has 1 aromatic heterocycles. The number of primary amides is 1. The van der Waals surface area contributed by atoms with Gasteiger partial charge in [0.05, 0.1) is 6.26 Å². The zero-order chi connectivity index (χ0) is 11.7. The van der Waals surface area contributed by atoms with E-state index in [1.807, 2.05) is 26.0 Å². The number of hydrogen-bond donors (Lipinski definition) is 1. The van der Waals surface area contributed by atoms with Gasteiger partial charge in [-0.3, -0.25) is 4.79 Å². The summed E-state index contributed by atoms with van der Waals surface area (Å²) >= 11 is 0. The molecule has 0 radical (unpaired) electrons. The Hall–Kier alpha value is -2.03. The van der Waals surface area contributed by atoms with Gasteiger partial charge in [-0.25, -0.2) is 0 Å². The van der Waals surface area contributed by atoms with Crippen LogP contribution in [0.2, 0.25) is 0 Å². The Morgan fingerprint density at radius 1 is 1.25 bits per heavy atom. The van der Waals surface area contributed by atoms with Crippen LogP contribution in [0.1, 0.15) is 21.5 Å². The minimum atomic E-state index is -0.405. The average molecular weight is 215 g/mol. The van der Waals surface area contributed by atoms with Crippen molar-refractivity contribution in [1.82, 2.24) is 0 Å². The van der Waals surface area contributed by atoms with Gasteiger partial charge in [0.1, 0.15) is 5.76 Å². The maximum atomic E-state index is 11.1. The summed E-state index contributed by atoms with van der Waals surface area (Å²) in [6.45, 7) is 3.88. The highest BCUT2D eigenvalue weighted by Gasteiger charge is 2.11. The van der Waals surface area contributed by atoms with Crippen molar-refractivity contribution >= 4 is 5.91 Å². The molecule has 1 aromatic carbocycles. The van der Waals surface area contributed by atoms with Crippen LogP contribution in [-0.4, -0.2) is 5.91 Å². The van der Waals surface area contributed by atoms with Gasteiger partial charge in [-0.2, -0.15) is 0 Å². The molecule has 0 saturated carbocycles. The Balaban J connectivity index is 2.61. The predicted octanol–water partition coefficient (Wildman–Crippen LogP) is 2.66. The van der Waals surface area contributed by atoms with Crippen LogP contribution in [0.25, 0.3) is 11.3 Å². The largest absolute Gasteiger partial charge is 0.464 e. The first-order valence-corrected chi connectivity index (χ1v) is 5.04. The van der Waals surface area contributed by atoms with Crippen molar-refractivity contribution in [3.63, 3.8) is 0 Å². The van der Waals surface area contributed by atoms with Crippen LogP contribution in [0.15, 0.2) is 34.9 Å². The number of carbonyl (C=O) groups excluding carboxylic acids is 1. The molecule has 82 valence electrons. The quantitative estimate of drug-likeness (QED) is 0.837. The van der Waals surface area contributed by atoms with E-state index in [1.54, 1.807) is 18.4 Å². The molecule has 0 atom stereocenters. The van der Waals surface area contributed by atoms with Crippen LogP contribution in [0, 0.1) is 13.8 Å². The molecule has 2 N–H and O–H groups in total. The van der Waals surface area contributed by atoms with Gasteiger partial charge in [-0.05, 0) is 49.2 Å². The van der Waals surface area contributed by atoms with Gasteiger partial charge >= 0.3 is 0 Å². The zero-order valence-corrected chi connectivity index (χ0v) is 9.28. The minimum Gasteiger partial charge on any atom is -0.464 e. The third-order valence-corrected chi connectivity index (χ3v) is 2.58. The van der Waals surface area contributed by atoms with Gasteiger partial charge < -0.3 is 10.2 Å². The summed E-state index contributed by atoms with van der Waals surface area (Å²) in [6.07, 6.45) is 1.64. The molecular formula is C13H13NO2. The first kappa shape index (κ1) is 10.5. The highest BCUT2D eigenvalue weighted by atomic mass is 16.3. The van der Waals surface area contributed by atoms with Crippen LogP contribution in [0.5, 0.6) is 0 Å². The van der Waals surface area contributed by atoms with Crippen molar-refractivity contribution in [2.75, 3.05) is 0 Å². The lowest BCUT2D eigenvalue weighted by atomic mass is 9.97. The minimum absolute atomic E-state index is 0.405. The highest BCUT2D eigenvalue weighted by molar-refractivity contribution is 5.94. The van der Waals surface area contributed by atoms with Gasteiger partial charge in [-0.15, -0.1) is 0 Å². The molecule has 2 rings (SSSR count). The lowest BCUT2D eigenvalue weighted by molar-refractivity contribution is 0.1000. The number of amides is 1. The van der Waals surface area contributed by atoms with Crippen molar-refractivity contribution in [3.8, 4) is 11.3 Å². The van der Waals surface area contributed by atoms with E-state index < -0.39 is 5.91 Å². The third kappa shape index (κ3) is 1.72. The van der Waals surface area contributed by atoms with E-state index in [9.17, 15) is 4.79 Å². The van der Waals surface area contributed by atoms with Crippen molar-refractivity contribution in [2.24, 2.45) is 5.73 Å². The number of rotatable bonds is 2. The van der Waals surface area contributed by atoms with E-state index in [2.05, 4.69) is 0 Å². The molecule has 0 saturated heterocycles. The van der Waals surface area contributed by atoms with E-state index in [4.69, 9.17) is 10.2 Å². The van der Waals surface area contributed by atoms with E-state index >= 15 is 0 Å². The second kappa shape index (κ2) is 3.85. The normalized spacial score (nSPS) is 10.4. The lowest BCUT2D eigenvalue weighted by Crippen LogP contribution is -2.11. The molecular weight excluding hydrogens is 202 g/mol. The predicted molar refractivity (Wildman–Crippen MR) is 62.1 cm³/mol. The molecule has 0 aliphatic carbocycles. The molecule has 3 nitrogen and oxygen atoms in total. The maximum Gasteiger partial charge on any atom is 0.248 e. The number of nitrogens with two attached hydrogens (primary N) is 1. The van der Waals surface area contributed by atoms with Gasteiger partial charge in [-0.1, -0.05) is 0 Å². The van der Waals surface area contributed by atoms with Crippen LogP contribution in [0.3, 0.4) is 0 Å². The SMILES string of the molecule is Cc1cc(C(N)=O)cc(C)c1-c1ccco1. The Bertz CT molecular complexity index is 504. The first-order chi connectivity index (χ1) is 7.59. The monoisotopic (exact) mass is 215 g/mol. The molecule has 16 heavy (non-hydrogen) atoms. The Kier molecular flexibility index (Phi) is 2.52. The summed E-state index contributed by atoms with van der Waals surface area (Å²) in [4.78, 5) is 11.1. The van der Waals surface area contributed by atoms with Gasteiger partial charge in [0.2, 0.25) is 5.91 Å². The van der Waals surface area contributed by atoms with Crippen LogP contribution >= 0.6 is 0 Å². The number of hydrogen-bond acceptors (Lipinski definition) is 2. The molecule has 0 fully saturated rings. The van der Waals surface area contributed by atoms with Crippen molar-refractivity contribution in [2.45, 2.75) is 13.8 Å². The fourth-order valence-corrected chi connectivity index (χ4v) is 1.92. The van der Waals surface area contributed by atoms with Crippen LogP contribution in [-0.2, 0) is 0 Å². The molecule has 2 aromatic rings. The second-order valence-electron chi connectivity index (χ2n) is 3.83. The van der Waals surface area contributed by atoms with Crippen molar-refractivity contribution in [1.29, 1.82) is 0 Å². The molecule has 3 heteroatoms. The van der Waals surface area contributed by atoms with E-state index in [0.29, 0.717) is 5.56 Å². The number of carbonyl (C=O) groups is 1. The summed E-state index contributed by atoms with van der Waals surface area (Å²) in [5.74, 6) is 0.406. The van der Waals surface area contributed by atoms with E-state index in [1.165, 1.54) is 0 Å². The molecule has 1 heterocycles. The standard InChI is InChI=1S/C13H13NO2/c1-8-6-10(13(14)15)7-9(2)12(8)11-4-3-5-16-11/h3-7H,1-2H3,(H2,14,15). The Labute approximate surface area is 93.9 Å². The molecule has 0 spiro atoms. The fourth-order valence-electron chi connectivity index (χ4n) is 1.92. The smallest absolute Gasteiger partial charge is 0.248 e. The summed E-state index contributed by atoms with van der Waals surface area (Å²) in [5.41, 5.74) is 8.79. The highest BCUT2D eigenvalue weighted by Crippen LogP contribution is 2.28. The Morgan fingerprint density at radius 2 is 1.88 bits per heavy atom. The number of aryl methyl sites for hydroxylation is 2. The molecule has 0 bridgehead atoms. The second-order valence-corrected chi connectivity index (χ2v) is 3.83. The van der Waals surface area contributed by atoms with Crippen molar-refractivity contribution < 1.29 is 9.21 Å². The number of furan rings is 1. The topological polar surface area (TPSA) is 56.2 Å². The maximum absolute atomic E-state index is 11.1. The fraction of sp³-hybridized carbons (Fsp3) is 0.154. The summed E-state index contributed by atoms with van der Waals surface area (Å²) in [7, 11) is 0. The summed E-state index contributed by atoms with van der Waals surface area (Å²) < 4.78 is 5.37. The summed E-state index contributed by atoms with van der Waals surface area (Å²) in [5, 5.41) is 0. The van der Waals surface area contributed by atoms with E-state index in [-0.39, 0.29) is 0 Å². The van der Waals surface area contributed by atoms with Gasteiger partial charge in [0.25, 0.3) is 0 Å². The van der Waals surface area contributed by atoms with Crippen molar-refractivity contribution in [3.05, 3.63) is 47.2 Å². The Morgan fingerprint density at radius 3 is 2.31 bits per heavy atom. The average Bonchev–Trinajstić information content (AvgIpc) is 2.69. The molecule has 0 unspecified atom stereocenters.